The zero-order valence-corrected chi connectivity index (χ0v) is 14.4. The van der Waals surface area contributed by atoms with E-state index >= 15 is 0 Å². The molecule has 2 N–H and O–H groups in total. The Hall–Kier alpha value is -3.09. The van der Waals surface area contributed by atoms with E-state index in [1.54, 1.807) is 38.2 Å². The number of nitrogens with one attached hydrogen (secondary N) is 2. The molecule has 0 spiro atoms. The first-order chi connectivity index (χ1) is 12.4. The predicted molar refractivity (Wildman–Crippen MR) is 96.3 cm³/mol. The first-order valence-electron chi connectivity index (χ1n) is 8.09. The molecule has 0 aliphatic carbocycles. The molecule has 7 heteroatoms. The van der Waals surface area contributed by atoms with Crippen LogP contribution in [0.15, 0.2) is 47.4 Å². The number of pyridine rings is 1. The Morgan fingerprint density at radius 1 is 1.12 bits per heavy atom. The number of hydrogen-bond donors (Lipinski definition) is 2. The van der Waals surface area contributed by atoms with Crippen LogP contribution >= 0.6 is 0 Å². The van der Waals surface area contributed by atoms with Gasteiger partial charge in [0.25, 0.3) is 12.0 Å². The van der Waals surface area contributed by atoms with Crippen molar-refractivity contribution in [2.75, 3.05) is 5.32 Å². The van der Waals surface area contributed by atoms with E-state index in [2.05, 4.69) is 20.3 Å². The van der Waals surface area contributed by atoms with E-state index < -0.39 is 6.43 Å². The van der Waals surface area contributed by atoms with Crippen molar-refractivity contribution < 1.29 is 8.78 Å². The number of H-pyrrole nitrogens is 1. The summed E-state index contributed by atoms with van der Waals surface area (Å²) in [5.41, 5.74) is 2.70. The minimum Gasteiger partial charge on any atom is -0.366 e. The van der Waals surface area contributed by atoms with Crippen molar-refractivity contribution in [2.45, 2.75) is 26.8 Å². The van der Waals surface area contributed by atoms with Gasteiger partial charge in [0.05, 0.1) is 0 Å². The van der Waals surface area contributed by atoms with Gasteiger partial charge in [-0.25, -0.2) is 18.7 Å². The Bertz CT molecular complexity index is 951. The lowest BCUT2D eigenvalue weighted by molar-refractivity contribution is 0.151. The number of halogens is 2. The number of anilines is 1. The second kappa shape index (κ2) is 7.43. The third-order valence-electron chi connectivity index (χ3n) is 4.14. The van der Waals surface area contributed by atoms with Crippen molar-refractivity contribution >= 4 is 5.82 Å². The van der Waals surface area contributed by atoms with Gasteiger partial charge >= 0.3 is 0 Å². The van der Waals surface area contributed by atoms with Gasteiger partial charge in [-0.15, -0.1) is 0 Å². The van der Waals surface area contributed by atoms with Crippen LogP contribution in [0.2, 0.25) is 0 Å². The standard InChI is InChI=1S/C19H18F2N4O/c1-11-12(2)24-18(25-19(11)26)15-7-8-16(23-10-15)22-9-13-3-5-14(6-4-13)17(20)21/h3-8,10,17H,9H2,1-2H3,(H,22,23)(H,24,25,26). The summed E-state index contributed by atoms with van der Waals surface area (Å²) in [5, 5.41) is 3.13. The third-order valence-corrected chi connectivity index (χ3v) is 4.14. The highest BCUT2D eigenvalue weighted by atomic mass is 19.3. The molecular formula is C19H18F2N4O. The molecule has 3 aromatic rings. The van der Waals surface area contributed by atoms with Crippen LogP contribution in [0.5, 0.6) is 0 Å². The Kier molecular flexibility index (Phi) is 5.06. The van der Waals surface area contributed by atoms with Gasteiger partial charge in [0, 0.05) is 35.1 Å². The number of benzene rings is 1. The maximum absolute atomic E-state index is 12.5. The largest absolute Gasteiger partial charge is 0.366 e. The maximum Gasteiger partial charge on any atom is 0.263 e. The van der Waals surface area contributed by atoms with Crippen LogP contribution in [0.25, 0.3) is 11.4 Å². The van der Waals surface area contributed by atoms with E-state index in [4.69, 9.17) is 0 Å². The molecule has 0 aliphatic heterocycles. The summed E-state index contributed by atoms with van der Waals surface area (Å²) < 4.78 is 25.1. The molecule has 0 atom stereocenters. The number of alkyl halides is 2. The Balaban J connectivity index is 1.69. The molecule has 0 saturated heterocycles. The molecule has 134 valence electrons. The molecule has 26 heavy (non-hydrogen) atoms. The second-order valence-electron chi connectivity index (χ2n) is 5.95. The number of nitrogens with zero attached hydrogens (tertiary/aromatic N) is 2. The van der Waals surface area contributed by atoms with Gasteiger partial charge < -0.3 is 10.3 Å². The van der Waals surface area contributed by atoms with Crippen LogP contribution in [0.3, 0.4) is 0 Å². The molecule has 3 rings (SSSR count). The first-order valence-corrected chi connectivity index (χ1v) is 8.09. The molecule has 1 aromatic carbocycles. The fraction of sp³-hybridized carbons (Fsp3) is 0.211. The molecule has 2 aromatic heterocycles. The molecule has 0 radical (unpaired) electrons. The van der Waals surface area contributed by atoms with Crippen LogP contribution in [0.4, 0.5) is 14.6 Å². The monoisotopic (exact) mass is 356 g/mol. The maximum atomic E-state index is 12.5. The van der Waals surface area contributed by atoms with Crippen LogP contribution in [0, 0.1) is 13.8 Å². The lowest BCUT2D eigenvalue weighted by Gasteiger charge is -2.08. The van der Waals surface area contributed by atoms with Crippen molar-refractivity contribution in [2.24, 2.45) is 0 Å². The minimum absolute atomic E-state index is 0.00566. The van der Waals surface area contributed by atoms with Gasteiger partial charge in [-0.1, -0.05) is 24.3 Å². The van der Waals surface area contributed by atoms with E-state index in [0.29, 0.717) is 35.0 Å². The number of aryl methyl sites for hydroxylation is 1. The fourth-order valence-electron chi connectivity index (χ4n) is 2.39. The minimum atomic E-state index is -2.46. The summed E-state index contributed by atoms with van der Waals surface area (Å²) in [7, 11) is 0. The number of aromatic nitrogens is 3. The van der Waals surface area contributed by atoms with Crippen LogP contribution in [-0.4, -0.2) is 15.0 Å². The average molecular weight is 356 g/mol. The molecule has 2 heterocycles. The van der Waals surface area contributed by atoms with E-state index in [0.717, 1.165) is 5.56 Å². The molecule has 0 saturated carbocycles. The van der Waals surface area contributed by atoms with Crippen molar-refractivity contribution in [1.82, 2.24) is 15.0 Å². The summed E-state index contributed by atoms with van der Waals surface area (Å²) >= 11 is 0. The highest BCUT2D eigenvalue weighted by Gasteiger charge is 2.07. The van der Waals surface area contributed by atoms with Gasteiger partial charge in [0.2, 0.25) is 0 Å². The van der Waals surface area contributed by atoms with Gasteiger partial charge in [-0.3, -0.25) is 4.79 Å². The average Bonchev–Trinajstić information content (AvgIpc) is 2.65. The fourth-order valence-corrected chi connectivity index (χ4v) is 2.39. The first kappa shape index (κ1) is 17.7. The van der Waals surface area contributed by atoms with E-state index in [-0.39, 0.29) is 11.1 Å². The second-order valence-corrected chi connectivity index (χ2v) is 5.95. The Labute approximate surface area is 149 Å². The Morgan fingerprint density at radius 3 is 2.42 bits per heavy atom. The molecule has 0 fully saturated rings. The summed E-state index contributed by atoms with van der Waals surface area (Å²) in [6.07, 6.45) is -0.841. The topological polar surface area (TPSA) is 70.7 Å². The molecule has 0 unspecified atom stereocenters. The van der Waals surface area contributed by atoms with Crippen molar-refractivity contribution in [3.05, 3.63) is 75.3 Å². The SMILES string of the molecule is Cc1nc(-c2ccc(NCc3ccc(C(F)F)cc3)nc2)[nH]c(=O)c1C. The number of aromatic amines is 1. The van der Waals surface area contributed by atoms with Gasteiger partial charge in [0.15, 0.2) is 0 Å². The molecule has 0 amide bonds. The summed E-state index contributed by atoms with van der Waals surface area (Å²) in [6.45, 7) is 3.98. The van der Waals surface area contributed by atoms with Crippen molar-refractivity contribution in [3.8, 4) is 11.4 Å². The van der Waals surface area contributed by atoms with Crippen molar-refractivity contribution in [1.29, 1.82) is 0 Å². The van der Waals surface area contributed by atoms with Crippen LogP contribution < -0.4 is 10.9 Å². The molecule has 0 bridgehead atoms. The van der Waals surface area contributed by atoms with Crippen LogP contribution in [-0.2, 0) is 6.54 Å². The van der Waals surface area contributed by atoms with Gasteiger partial charge in [-0.2, -0.15) is 0 Å². The lowest BCUT2D eigenvalue weighted by Crippen LogP contribution is -2.14. The van der Waals surface area contributed by atoms with Crippen molar-refractivity contribution in [3.63, 3.8) is 0 Å². The highest BCUT2D eigenvalue weighted by molar-refractivity contribution is 5.56. The summed E-state index contributed by atoms with van der Waals surface area (Å²) in [5.74, 6) is 1.11. The van der Waals surface area contributed by atoms with Gasteiger partial charge in [-0.05, 0) is 31.5 Å². The zero-order chi connectivity index (χ0) is 18.7. The third kappa shape index (κ3) is 3.93. The molecular weight excluding hydrogens is 338 g/mol. The number of rotatable bonds is 5. The number of hydrogen-bond acceptors (Lipinski definition) is 4. The van der Waals surface area contributed by atoms with E-state index in [9.17, 15) is 13.6 Å². The smallest absolute Gasteiger partial charge is 0.263 e. The van der Waals surface area contributed by atoms with E-state index in [1.165, 1.54) is 12.1 Å². The van der Waals surface area contributed by atoms with Crippen LogP contribution in [0.1, 0.15) is 28.8 Å². The predicted octanol–water partition coefficient (Wildman–Crippen LogP) is 4.00. The summed E-state index contributed by atoms with van der Waals surface area (Å²) in [4.78, 5) is 23.3. The summed E-state index contributed by atoms with van der Waals surface area (Å²) in [6, 6.07) is 9.74. The zero-order valence-electron chi connectivity index (χ0n) is 14.4. The van der Waals surface area contributed by atoms with E-state index in [1.807, 2.05) is 6.07 Å². The van der Waals surface area contributed by atoms with Gasteiger partial charge in [0.1, 0.15) is 11.6 Å². The molecule has 0 aliphatic rings. The normalized spacial score (nSPS) is 11.0. The highest BCUT2D eigenvalue weighted by Crippen LogP contribution is 2.19. The lowest BCUT2D eigenvalue weighted by atomic mass is 10.1. The quantitative estimate of drug-likeness (QED) is 0.725. The molecule has 5 nitrogen and oxygen atoms in total. The Morgan fingerprint density at radius 2 is 1.85 bits per heavy atom.